The van der Waals surface area contributed by atoms with Gasteiger partial charge in [-0.25, -0.2) is 4.98 Å². The number of hydrogen-bond acceptors (Lipinski definition) is 9. The van der Waals surface area contributed by atoms with Crippen LogP contribution in [0.15, 0.2) is 18.2 Å². The van der Waals surface area contributed by atoms with Crippen LogP contribution in [0, 0.1) is 0 Å². The fourth-order valence-electron chi connectivity index (χ4n) is 3.77. The van der Waals surface area contributed by atoms with Gasteiger partial charge >= 0.3 is 0 Å². The van der Waals surface area contributed by atoms with Crippen LogP contribution in [-0.2, 0) is 17.8 Å². The third-order valence-corrected chi connectivity index (χ3v) is 7.49. The largest absolute Gasteiger partial charge is 0.317 e. The van der Waals surface area contributed by atoms with Crippen LogP contribution in [0.4, 0.5) is 5.00 Å². The molecule has 11 heteroatoms. The average Bonchev–Trinajstić information content (AvgIpc) is 3.50. The predicted molar refractivity (Wildman–Crippen MR) is 128 cm³/mol. The first-order valence-corrected chi connectivity index (χ1v) is 12.2. The van der Waals surface area contributed by atoms with E-state index in [2.05, 4.69) is 50.4 Å². The highest BCUT2D eigenvalue weighted by Gasteiger charge is 2.25. The minimum absolute atomic E-state index is 0.0199. The third kappa shape index (κ3) is 4.29. The van der Waals surface area contributed by atoms with E-state index in [4.69, 9.17) is 4.98 Å². The molecule has 5 rings (SSSR count). The van der Waals surface area contributed by atoms with E-state index in [1.165, 1.54) is 10.4 Å². The lowest BCUT2D eigenvalue weighted by molar-refractivity contribution is -0.116. The van der Waals surface area contributed by atoms with E-state index in [-0.39, 0.29) is 5.91 Å². The van der Waals surface area contributed by atoms with Gasteiger partial charge in [-0.05, 0) is 41.9 Å². The Balaban J connectivity index is 1.48. The number of thiazole rings is 1. The number of aromatic nitrogens is 5. The third-order valence-electron chi connectivity index (χ3n) is 5.29. The van der Waals surface area contributed by atoms with Gasteiger partial charge in [-0.2, -0.15) is 5.21 Å². The molecule has 0 radical (unpaired) electrons. The first-order chi connectivity index (χ1) is 15.6. The highest BCUT2D eigenvalue weighted by atomic mass is 32.1. The number of H-pyrrole nitrogens is 1. The second-order valence-corrected chi connectivity index (χ2v) is 10.1. The summed E-state index contributed by atoms with van der Waals surface area (Å²) in [6.07, 6.45) is 1.36. The lowest BCUT2D eigenvalue weighted by atomic mass is 10.0. The van der Waals surface area contributed by atoms with Crippen molar-refractivity contribution < 1.29 is 4.79 Å². The fourth-order valence-corrected chi connectivity index (χ4v) is 6.09. The molecule has 9 nitrogen and oxygen atoms in total. The summed E-state index contributed by atoms with van der Waals surface area (Å²) in [5, 5.41) is 26.0. The van der Waals surface area contributed by atoms with Gasteiger partial charge in [0.2, 0.25) is 11.7 Å². The second-order valence-electron chi connectivity index (χ2n) is 7.98. The van der Waals surface area contributed by atoms with Gasteiger partial charge in [0.15, 0.2) is 0 Å². The molecule has 4 N–H and O–H groups in total. The standard InChI is InChI=1S/C21H24N8OS2/c1-11(2)23-8-6-17(30)25-21-18(13-5-7-22-10-16(13)32-21)20-24-14-9-12(3-4-15(14)31-20)19-26-28-29-27-19/h3-4,9,11,22-23H,5-8,10H2,1-2H3,(H,25,30)(H,26,27,28,29). The molecule has 0 fully saturated rings. The van der Waals surface area contributed by atoms with Crippen LogP contribution in [-0.4, -0.2) is 50.6 Å². The van der Waals surface area contributed by atoms with Crippen LogP contribution in [0.25, 0.3) is 32.2 Å². The zero-order valence-corrected chi connectivity index (χ0v) is 19.5. The molecule has 0 saturated carbocycles. The number of tetrazole rings is 1. The highest BCUT2D eigenvalue weighted by Crippen LogP contribution is 2.45. The molecule has 0 bridgehead atoms. The number of aromatic amines is 1. The van der Waals surface area contributed by atoms with E-state index in [0.717, 1.165) is 50.9 Å². The molecule has 166 valence electrons. The first-order valence-electron chi connectivity index (χ1n) is 10.6. The molecule has 0 spiro atoms. The molecular weight excluding hydrogens is 444 g/mol. The monoisotopic (exact) mass is 468 g/mol. The number of anilines is 1. The van der Waals surface area contributed by atoms with Crippen LogP contribution in [0.1, 0.15) is 30.7 Å². The smallest absolute Gasteiger partial charge is 0.226 e. The number of nitrogens with one attached hydrogen (secondary N) is 4. The predicted octanol–water partition coefficient (Wildman–Crippen LogP) is 3.18. The Morgan fingerprint density at radius 3 is 3.00 bits per heavy atom. The number of fused-ring (bicyclic) bond motifs is 2. The van der Waals surface area contributed by atoms with Gasteiger partial charge in [0.05, 0.1) is 10.2 Å². The molecule has 1 aliphatic heterocycles. The van der Waals surface area contributed by atoms with E-state index in [1.54, 1.807) is 22.7 Å². The molecule has 0 saturated heterocycles. The molecule has 0 atom stereocenters. The van der Waals surface area contributed by atoms with Crippen molar-refractivity contribution in [2.45, 2.75) is 39.3 Å². The fraction of sp³-hybridized carbons (Fsp3) is 0.381. The Morgan fingerprint density at radius 1 is 1.28 bits per heavy atom. The normalized spacial score (nSPS) is 13.6. The van der Waals surface area contributed by atoms with Gasteiger partial charge in [0.1, 0.15) is 10.0 Å². The number of thiophene rings is 1. The van der Waals surface area contributed by atoms with Gasteiger partial charge in [0, 0.05) is 41.6 Å². The maximum absolute atomic E-state index is 12.6. The van der Waals surface area contributed by atoms with E-state index in [0.29, 0.717) is 24.8 Å². The zero-order valence-electron chi connectivity index (χ0n) is 17.9. The number of carbonyl (C=O) groups excluding carboxylic acids is 1. The lowest BCUT2D eigenvalue weighted by Gasteiger charge is -2.13. The van der Waals surface area contributed by atoms with Crippen molar-refractivity contribution in [1.82, 2.24) is 36.2 Å². The molecule has 0 aliphatic carbocycles. The summed E-state index contributed by atoms with van der Waals surface area (Å²) in [5.74, 6) is 0.565. The first kappa shape index (κ1) is 21.1. The molecule has 1 aromatic carbocycles. The summed E-state index contributed by atoms with van der Waals surface area (Å²) in [6.45, 7) is 6.56. The van der Waals surface area contributed by atoms with E-state index in [9.17, 15) is 4.79 Å². The van der Waals surface area contributed by atoms with Crippen molar-refractivity contribution in [3.05, 3.63) is 28.6 Å². The maximum Gasteiger partial charge on any atom is 0.226 e. The average molecular weight is 469 g/mol. The Labute approximate surface area is 193 Å². The quantitative estimate of drug-likeness (QED) is 0.329. The molecule has 0 unspecified atom stereocenters. The Hall–Kier alpha value is -2.73. The van der Waals surface area contributed by atoms with Crippen molar-refractivity contribution >= 4 is 43.8 Å². The topological polar surface area (TPSA) is 121 Å². The summed E-state index contributed by atoms with van der Waals surface area (Å²) in [5.41, 5.74) is 4.12. The van der Waals surface area contributed by atoms with Crippen molar-refractivity contribution in [1.29, 1.82) is 0 Å². The van der Waals surface area contributed by atoms with E-state index >= 15 is 0 Å². The van der Waals surface area contributed by atoms with Crippen LogP contribution in [0.2, 0.25) is 0 Å². The molecule has 4 heterocycles. The van der Waals surface area contributed by atoms with Gasteiger partial charge in [-0.3, -0.25) is 4.79 Å². The number of nitrogens with zero attached hydrogens (tertiary/aromatic N) is 4. The summed E-state index contributed by atoms with van der Waals surface area (Å²) in [4.78, 5) is 18.9. The number of hydrogen-bond donors (Lipinski definition) is 4. The van der Waals surface area contributed by atoms with Crippen LogP contribution in [0.3, 0.4) is 0 Å². The molecule has 3 aromatic heterocycles. The lowest BCUT2D eigenvalue weighted by Crippen LogP contribution is -2.27. The van der Waals surface area contributed by atoms with Gasteiger partial charge in [0.25, 0.3) is 0 Å². The van der Waals surface area contributed by atoms with Crippen LogP contribution in [0.5, 0.6) is 0 Å². The van der Waals surface area contributed by atoms with Gasteiger partial charge in [-0.15, -0.1) is 32.9 Å². The van der Waals surface area contributed by atoms with Crippen LogP contribution < -0.4 is 16.0 Å². The molecule has 1 aliphatic rings. The summed E-state index contributed by atoms with van der Waals surface area (Å²) < 4.78 is 1.08. The highest BCUT2D eigenvalue weighted by molar-refractivity contribution is 7.23. The number of rotatable bonds is 7. The minimum Gasteiger partial charge on any atom is -0.317 e. The van der Waals surface area contributed by atoms with E-state index in [1.807, 2.05) is 18.2 Å². The molecular formula is C21H24N8OS2. The summed E-state index contributed by atoms with van der Waals surface area (Å²) in [6, 6.07) is 6.36. The van der Waals surface area contributed by atoms with Crippen molar-refractivity contribution in [3.8, 4) is 22.0 Å². The number of amides is 1. The number of carbonyl (C=O) groups is 1. The Bertz CT molecular complexity index is 1240. The second kappa shape index (κ2) is 9.02. The van der Waals surface area contributed by atoms with Crippen LogP contribution >= 0.6 is 22.7 Å². The maximum atomic E-state index is 12.6. The van der Waals surface area contributed by atoms with Crippen molar-refractivity contribution in [2.75, 3.05) is 18.4 Å². The minimum atomic E-state index is 0.0199. The molecule has 1 amide bonds. The Kier molecular flexibility index (Phi) is 5.96. The summed E-state index contributed by atoms with van der Waals surface area (Å²) >= 11 is 3.30. The van der Waals surface area contributed by atoms with Crippen molar-refractivity contribution in [3.63, 3.8) is 0 Å². The molecule has 4 aromatic rings. The van der Waals surface area contributed by atoms with Gasteiger partial charge in [-0.1, -0.05) is 13.8 Å². The molecule has 32 heavy (non-hydrogen) atoms. The van der Waals surface area contributed by atoms with E-state index < -0.39 is 0 Å². The number of benzene rings is 1. The summed E-state index contributed by atoms with van der Waals surface area (Å²) in [7, 11) is 0. The van der Waals surface area contributed by atoms with Crippen molar-refractivity contribution in [2.24, 2.45) is 0 Å². The Morgan fingerprint density at radius 2 is 2.19 bits per heavy atom. The SMILES string of the molecule is CC(C)NCCC(=O)Nc1sc2c(c1-c1nc3cc(-c4nn[nH]n4)ccc3s1)CCNC2. The van der Waals surface area contributed by atoms with Gasteiger partial charge < -0.3 is 16.0 Å². The zero-order chi connectivity index (χ0) is 22.1.